The summed E-state index contributed by atoms with van der Waals surface area (Å²) in [5.74, 6) is 1.81. The van der Waals surface area contributed by atoms with Gasteiger partial charge in [-0.15, -0.1) is 0 Å². The van der Waals surface area contributed by atoms with Crippen LogP contribution in [0.15, 0.2) is 54.6 Å². The summed E-state index contributed by atoms with van der Waals surface area (Å²) in [5, 5.41) is 0. The summed E-state index contributed by atoms with van der Waals surface area (Å²) in [6.45, 7) is 5.35. The van der Waals surface area contributed by atoms with Crippen molar-refractivity contribution in [1.82, 2.24) is 0 Å². The molecule has 0 radical (unpaired) electrons. The fourth-order valence-electron chi connectivity index (χ4n) is 2.67. The van der Waals surface area contributed by atoms with Gasteiger partial charge in [0, 0.05) is 0 Å². The molecule has 2 aromatic carbocycles. The van der Waals surface area contributed by atoms with Gasteiger partial charge in [0.15, 0.2) is 0 Å². The van der Waals surface area contributed by atoms with Gasteiger partial charge in [-0.1, -0.05) is 56.3 Å². The van der Waals surface area contributed by atoms with Gasteiger partial charge in [-0.05, 0) is 47.4 Å². The lowest BCUT2D eigenvalue weighted by Crippen LogP contribution is -1.97. The van der Waals surface area contributed by atoms with Gasteiger partial charge >= 0.3 is 0 Å². The highest BCUT2D eigenvalue weighted by Crippen LogP contribution is 2.53. The van der Waals surface area contributed by atoms with Gasteiger partial charge in [-0.3, -0.25) is 0 Å². The summed E-state index contributed by atoms with van der Waals surface area (Å²) in [6.07, 6.45) is 2.56. The van der Waals surface area contributed by atoms with Crippen molar-refractivity contribution in [2.24, 2.45) is 11.3 Å². The van der Waals surface area contributed by atoms with Gasteiger partial charge in [0.2, 0.25) is 0 Å². The molecule has 0 unspecified atom stereocenters. The molecule has 1 atom stereocenters. The Morgan fingerprint density at radius 1 is 0.950 bits per heavy atom. The minimum Gasteiger partial charge on any atom is -0.489 e. The van der Waals surface area contributed by atoms with Crippen molar-refractivity contribution in [1.29, 1.82) is 0 Å². The molecule has 1 aliphatic carbocycles. The maximum atomic E-state index is 5.81. The molecule has 0 saturated heterocycles. The van der Waals surface area contributed by atoms with Crippen LogP contribution in [0.5, 0.6) is 5.75 Å². The van der Waals surface area contributed by atoms with Crippen LogP contribution in [0, 0.1) is 11.3 Å². The van der Waals surface area contributed by atoms with Crippen molar-refractivity contribution in [3.05, 3.63) is 65.7 Å². The van der Waals surface area contributed by atoms with Crippen molar-refractivity contribution < 1.29 is 4.74 Å². The molecule has 0 amide bonds. The molecular formula is C19H22O. The summed E-state index contributed by atoms with van der Waals surface area (Å²) in [7, 11) is 0. The molecule has 0 spiro atoms. The quantitative estimate of drug-likeness (QED) is 0.751. The van der Waals surface area contributed by atoms with Crippen LogP contribution in [0.3, 0.4) is 0 Å². The predicted octanol–water partition coefficient (Wildman–Crippen LogP) is 4.85. The summed E-state index contributed by atoms with van der Waals surface area (Å²) < 4.78 is 5.81. The minimum absolute atomic E-state index is 0.558. The zero-order valence-electron chi connectivity index (χ0n) is 12.3. The van der Waals surface area contributed by atoms with E-state index in [0.717, 1.165) is 11.7 Å². The first-order chi connectivity index (χ1) is 9.63. The number of rotatable bonds is 5. The molecule has 3 rings (SSSR count). The molecule has 104 valence electrons. The van der Waals surface area contributed by atoms with Gasteiger partial charge in [0.05, 0.1) is 0 Å². The predicted molar refractivity (Wildman–Crippen MR) is 82.8 cm³/mol. The lowest BCUT2D eigenvalue weighted by Gasteiger charge is -2.08. The van der Waals surface area contributed by atoms with Crippen LogP contribution in [0.4, 0.5) is 0 Å². The summed E-state index contributed by atoms with van der Waals surface area (Å²) in [5.41, 5.74) is 3.19. The number of hydrogen-bond donors (Lipinski definition) is 0. The van der Waals surface area contributed by atoms with E-state index in [0.29, 0.717) is 12.0 Å². The Morgan fingerprint density at radius 3 is 2.20 bits per heavy atom. The van der Waals surface area contributed by atoms with Gasteiger partial charge in [0.1, 0.15) is 12.4 Å². The molecule has 0 heterocycles. The monoisotopic (exact) mass is 266 g/mol. The van der Waals surface area contributed by atoms with Gasteiger partial charge in [-0.25, -0.2) is 0 Å². The number of benzene rings is 2. The third kappa shape index (κ3) is 3.22. The number of ether oxygens (including phenoxy) is 1. The molecule has 2 aromatic rings. The molecule has 0 bridgehead atoms. The van der Waals surface area contributed by atoms with Crippen molar-refractivity contribution in [3.8, 4) is 5.75 Å². The SMILES string of the molecule is CC1(C)C[C@@H]1Cc1ccc(OCc2ccccc2)cc1. The van der Waals surface area contributed by atoms with E-state index in [9.17, 15) is 0 Å². The first kappa shape index (κ1) is 13.2. The highest BCUT2D eigenvalue weighted by molar-refractivity contribution is 5.28. The summed E-state index contributed by atoms with van der Waals surface area (Å²) in [4.78, 5) is 0. The number of hydrogen-bond acceptors (Lipinski definition) is 1. The Morgan fingerprint density at radius 2 is 1.60 bits per heavy atom. The third-order valence-electron chi connectivity index (χ3n) is 4.37. The highest BCUT2D eigenvalue weighted by Gasteiger charge is 2.44. The summed E-state index contributed by atoms with van der Waals surface area (Å²) >= 11 is 0. The highest BCUT2D eigenvalue weighted by atomic mass is 16.5. The summed E-state index contributed by atoms with van der Waals surface area (Å²) in [6, 6.07) is 18.9. The lowest BCUT2D eigenvalue weighted by atomic mass is 10.0. The fraction of sp³-hybridized carbons (Fsp3) is 0.368. The van der Waals surface area contributed by atoms with Gasteiger partial charge in [0.25, 0.3) is 0 Å². The van der Waals surface area contributed by atoms with E-state index >= 15 is 0 Å². The molecule has 1 nitrogen and oxygen atoms in total. The van der Waals surface area contributed by atoms with Crippen LogP contribution in [0.2, 0.25) is 0 Å². The van der Waals surface area contributed by atoms with Crippen LogP contribution in [-0.4, -0.2) is 0 Å². The minimum atomic E-state index is 0.558. The van der Waals surface area contributed by atoms with Crippen molar-refractivity contribution in [2.45, 2.75) is 33.3 Å². The molecule has 0 aromatic heterocycles. The van der Waals surface area contributed by atoms with E-state index in [1.54, 1.807) is 0 Å². The van der Waals surface area contributed by atoms with E-state index < -0.39 is 0 Å². The molecule has 1 saturated carbocycles. The standard InChI is InChI=1S/C19H22O/c1-19(2)13-17(19)12-15-8-10-18(11-9-15)20-14-16-6-4-3-5-7-16/h3-11,17H,12-14H2,1-2H3/t17-/m0/s1. The van der Waals surface area contributed by atoms with Crippen LogP contribution in [-0.2, 0) is 13.0 Å². The van der Waals surface area contributed by atoms with Gasteiger partial charge in [-0.2, -0.15) is 0 Å². The first-order valence-corrected chi connectivity index (χ1v) is 7.39. The average molecular weight is 266 g/mol. The maximum Gasteiger partial charge on any atom is 0.119 e. The van der Waals surface area contributed by atoms with Crippen molar-refractivity contribution in [2.75, 3.05) is 0 Å². The normalized spacial score (nSPS) is 19.6. The van der Waals surface area contributed by atoms with Crippen LogP contribution < -0.4 is 4.74 Å². The smallest absolute Gasteiger partial charge is 0.119 e. The fourth-order valence-corrected chi connectivity index (χ4v) is 2.67. The Hall–Kier alpha value is -1.76. The second-order valence-electron chi connectivity index (χ2n) is 6.51. The Labute approximate surface area is 121 Å². The van der Waals surface area contributed by atoms with Crippen LogP contribution in [0.25, 0.3) is 0 Å². The van der Waals surface area contributed by atoms with E-state index in [1.807, 2.05) is 18.2 Å². The van der Waals surface area contributed by atoms with E-state index in [4.69, 9.17) is 4.74 Å². The van der Waals surface area contributed by atoms with E-state index in [1.165, 1.54) is 24.0 Å². The van der Waals surface area contributed by atoms with Crippen LogP contribution >= 0.6 is 0 Å². The first-order valence-electron chi connectivity index (χ1n) is 7.39. The van der Waals surface area contributed by atoms with E-state index in [-0.39, 0.29) is 0 Å². The molecule has 1 heteroatoms. The topological polar surface area (TPSA) is 9.23 Å². The molecule has 0 aliphatic heterocycles. The Balaban J connectivity index is 1.54. The van der Waals surface area contributed by atoms with Gasteiger partial charge < -0.3 is 4.74 Å². The van der Waals surface area contributed by atoms with E-state index in [2.05, 4.69) is 50.2 Å². The molecule has 20 heavy (non-hydrogen) atoms. The zero-order chi connectivity index (χ0) is 14.0. The van der Waals surface area contributed by atoms with Crippen molar-refractivity contribution >= 4 is 0 Å². The molecular weight excluding hydrogens is 244 g/mol. The third-order valence-corrected chi connectivity index (χ3v) is 4.37. The molecule has 1 aliphatic rings. The lowest BCUT2D eigenvalue weighted by molar-refractivity contribution is 0.306. The Bertz CT molecular complexity index is 554. The second kappa shape index (κ2) is 5.32. The maximum absolute atomic E-state index is 5.81. The Kier molecular flexibility index (Phi) is 3.52. The average Bonchev–Trinajstić information content (AvgIpc) is 3.06. The zero-order valence-corrected chi connectivity index (χ0v) is 12.3. The molecule has 1 fully saturated rings. The van der Waals surface area contributed by atoms with Crippen molar-refractivity contribution in [3.63, 3.8) is 0 Å². The largest absolute Gasteiger partial charge is 0.489 e. The second-order valence-corrected chi connectivity index (χ2v) is 6.51. The molecule has 0 N–H and O–H groups in total. The van der Waals surface area contributed by atoms with Crippen LogP contribution in [0.1, 0.15) is 31.4 Å².